The molecule has 1 aliphatic carbocycles. The van der Waals surface area contributed by atoms with Gasteiger partial charge in [0.1, 0.15) is 0 Å². The second-order valence-electron chi connectivity index (χ2n) is 7.86. The Morgan fingerprint density at radius 2 is 1.84 bits per heavy atom. The third kappa shape index (κ3) is 7.65. The molecule has 1 saturated carbocycles. The molecule has 2 N–H and O–H groups in total. The Bertz CT molecular complexity index is 419. The number of rotatable bonds is 14. The number of likely N-dealkylation sites (N-methyl/N-ethyl adjacent to an activating group) is 1. The van der Waals surface area contributed by atoms with Gasteiger partial charge in [-0.3, -0.25) is 4.90 Å². The van der Waals surface area contributed by atoms with Crippen molar-refractivity contribution in [1.82, 2.24) is 14.9 Å². The van der Waals surface area contributed by atoms with Crippen LogP contribution < -0.4 is 10.0 Å². The Hall–Kier alpha value is -0.610. The normalized spacial score (nSPS) is 21.9. The van der Waals surface area contributed by atoms with Gasteiger partial charge in [-0.25, -0.2) is 0 Å². The van der Waals surface area contributed by atoms with Crippen LogP contribution >= 0.6 is 11.9 Å². The molecule has 1 saturated heterocycles. The highest BCUT2D eigenvalue weighted by atomic mass is 32.2. The van der Waals surface area contributed by atoms with E-state index in [0.29, 0.717) is 12.1 Å². The van der Waals surface area contributed by atoms with E-state index in [2.05, 4.69) is 42.1 Å². The maximum absolute atomic E-state index is 4.36. The predicted molar refractivity (Wildman–Crippen MR) is 113 cm³/mol. The molecule has 1 heterocycles. The minimum absolute atomic E-state index is 0.305. The van der Waals surface area contributed by atoms with E-state index in [1.165, 1.54) is 76.5 Å². The highest BCUT2D eigenvalue weighted by Gasteiger charge is 2.26. The summed E-state index contributed by atoms with van der Waals surface area (Å²) in [4.78, 5) is 2.42. The summed E-state index contributed by atoms with van der Waals surface area (Å²) in [6.45, 7) is 12.2. The van der Waals surface area contributed by atoms with Gasteiger partial charge >= 0.3 is 0 Å². The molecule has 3 nitrogen and oxygen atoms in total. The summed E-state index contributed by atoms with van der Waals surface area (Å²) in [5, 5.41) is 4.53. The number of hydrogen-bond acceptors (Lipinski definition) is 4. The van der Waals surface area contributed by atoms with Crippen molar-refractivity contribution in [2.45, 2.75) is 94.9 Å². The molecule has 0 bridgehead atoms. The van der Waals surface area contributed by atoms with Crippen LogP contribution in [-0.2, 0) is 0 Å². The predicted octanol–water partition coefficient (Wildman–Crippen LogP) is 5.22. The van der Waals surface area contributed by atoms with Crippen molar-refractivity contribution >= 4 is 11.9 Å². The van der Waals surface area contributed by atoms with Crippen LogP contribution in [0.25, 0.3) is 0 Å². The Labute approximate surface area is 160 Å². The molecule has 0 spiro atoms. The zero-order valence-corrected chi connectivity index (χ0v) is 17.3. The lowest BCUT2D eigenvalue weighted by molar-refractivity contribution is 0.328. The highest BCUT2D eigenvalue weighted by Crippen LogP contribution is 2.33. The molecule has 25 heavy (non-hydrogen) atoms. The highest BCUT2D eigenvalue weighted by molar-refractivity contribution is 7.98. The van der Waals surface area contributed by atoms with Crippen molar-refractivity contribution in [2.75, 3.05) is 13.6 Å². The van der Waals surface area contributed by atoms with Gasteiger partial charge in [-0.1, -0.05) is 58.6 Å². The second kappa shape index (κ2) is 11.2. The molecule has 2 atom stereocenters. The lowest BCUT2D eigenvalue weighted by atomic mass is 10.0. The van der Waals surface area contributed by atoms with Crippen LogP contribution in [0.5, 0.6) is 0 Å². The summed E-state index contributed by atoms with van der Waals surface area (Å²) in [7, 11) is 2.21. The van der Waals surface area contributed by atoms with Crippen LogP contribution in [0.3, 0.4) is 0 Å². The number of hydrogen-bond donors (Lipinski definition) is 2. The van der Waals surface area contributed by atoms with Crippen LogP contribution in [0, 0.1) is 0 Å². The Morgan fingerprint density at radius 1 is 1.12 bits per heavy atom. The average Bonchev–Trinajstić information content (AvgIpc) is 3.33. The number of unbranched alkanes of at least 4 members (excludes halogenated alkanes) is 5. The molecule has 2 aliphatic rings. The van der Waals surface area contributed by atoms with Crippen molar-refractivity contribution in [2.24, 2.45) is 0 Å². The lowest BCUT2D eigenvalue weighted by Gasteiger charge is -2.29. The summed E-state index contributed by atoms with van der Waals surface area (Å²) in [5.41, 5.74) is 2.31. The molecule has 0 radical (unpaired) electrons. The van der Waals surface area contributed by atoms with E-state index in [-0.39, 0.29) is 0 Å². The van der Waals surface area contributed by atoms with Gasteiger partial charge in [0.25, 0.3) is 0 Å². The Kier molecular flexibility index (Phi) is 9.25. The molecule has 0 amide bonds. The molecule has 2 unspecified atom stereocenters. The zero-order chi connectivity index (χ0) is 18.1. The number of nitrogens with zero attached hydrogens (tertiary/aromatic N) is 1. The fraction of sp³-hybridized carbons (Fsp3) is 0.810. The maximum atomic E-state index is 4.36. The summed E-state index contributed by atoms with van der Waals surface area (Å²) in [6.07, 6.45) is 14.4. The molecular weight excluding hydrogens is 326 g/mol. The summed E-state index contributed by atoms with van der Waals surface area (Å²) < 4.78 is 3.52. The van der Waals surface area contributed by atoms with Gasteiger partial charge in [-0.05, 0) is 57.6 Å². The van der Waals surface area contributed by atoms with Crippen molar-refractivity contribution in [3.05, 3.63) is 24.6 Å². The zero-order valence-electron chi connectivity index (χ0n) is 16.5. The fourth-order valence-corrected chi connectivity index (χ4v) is 4.38. The number of nitrogens with one attached hydrogen (secondary N) is 2. The van der Waals surface area contributed by atoms with Crippen LogP contribution in [-0.4, -0.2) is 35.8 Å². The van der Waals surface area contributed by atoms with Gasteiger partial charge in [0.15, 0.2) is 0 Å². The van der Waals surface area contributed by atoms with E-state index in [9.17, 15) is 0 Å². The minimum Gasteiger partial charge on any atom is -0.379 e. The minimum atomic E-state index is 0.305. The van der Waals surface area contributed by atoms with Gasteiger partial charge in [0, 0.05) is 22.7 Å². The van der Waals surface area contributed by atoms with Gasteiger partial charge in [0.2, 0.25) is 0 Å². The average molecular weight is 366 g/mol. The first-order valence-electron chi connectivity index (χ1n) is 10.4. The Morgan fingerprint density at radius 3 is 2.48 bits per heavy atom. The molecule has 1 aliphatic heterocycles. The van der Waals surface area contributed by atoms with Crippen molar-refractivity contribution in [3.8, 4) is 0 Å². The summed E-state index contributed by atoms with van der Waals surface area (Å²) in [5.74, 6) is 0. The summed E-state index contributed by atoms with van der Waals surface area (Å²) in [6, 6.07) is 0.787. The number of likely N-dealkylation sites (tertiary alicyclic amines) is 1. The van der Waals surface area contributed by atoms with Gasteiger partial charge < -0.3 is 10.0 Å². The second-order valence-corrected chi connectivity index (χ2v) is 8.97. The fourth-order valence-electron chi connectivity index (χ4n) is 3.55. The van der Waals surface area contributed by atoms with E-state index in [1.54, 1.807) is 0 Å². The van der Waals surface area contributed by atoms with Crippen LogP contribution in [0.2, 0.25) is 0 Å². The van der Waals surface area contributed by atoms with Gasteiger partial charge in [-0.2, -0.15) is 0 Å². The van der Waals surface area contributed by atoms with Crippen molar-refractivity contribution in [1.29, 1.82) is 0 Å². The monoisotopic (exact) mass is 365 g/mol. The van der Waals surface area contributed by atoms with E-state index >= 15 is 0 Å². The SMILES string of the molecule is C=C(NSC1CC1)C(CCCCCCCC)NC(=C)C1CCCN1C. The molecule has 2 rings (SSSR count). The molecular formula is C21H39N3S. The van der Waals surface area contributed by atoms with Gasteiger partial charge in [0.05, 0.1) is 6.04 Å². The largest absolute Gasteiger partial charge is 0.379 e. The lowest BCUT2D eigenvalue weighted by Crippen LogP contribution is -2.40. The smallest absolute Gasteiger partial charge is 0.0659 e. The van der Waals surface area contributed by atoms with E-state index in [4.69, 9.17) is 0 Å². The van der Waals surface area contributed by atoms with E-state index in [1.807, 2.05) is 11.9 Å². The quantitative estimate of drug-likeness (QED) is 0.326. The van der Waals surface area contributed by atoms with Crippen LogP contribution in [0.4, 0.5) is 0 Å². The molecule has 144 valence electrons. The molecule has 0 aromatic heterocycles. The molecule has 4 heteroatoms. The summed E-state index contributed by atoms with van der Waals surface area (Å²) >= 11 is 1.86. The molecule has 0 aromatic carbocycles. The van der Waals surface area contributed by atoms with Crippen molar-refractivity contribution < 1.29 is 0 Å². The topological polar surface area (TPSA) is 27.3 Å². The van der Waals surface area contributed by atoms with Crippen LogP contribution in [0.1, 0.15) is 77.6 Å². The first-order chi connectivity index (χ1) is 12.1. The molecule has 2 fully saturated rings. The van der Waals surface area contributed by atoms with Crippen molar-refractivity contribution in [3.63, 3.8) is 0 Å². The Balaban J connectivity index is 1.77. The maximum Gasteiger partial charge on any atom is 0.0659 e. The standard InChI is InChI=1S/C21H39N3S/c1-5-6-7-8-9-10-12-20(17(2)23-25-19-14-15-19)22-18(3)21-13-11-16-24(21)4/h19-23H,2-3,5-16H2,1,4H3. The molecule has 0 aromatic rings. The first-order valence-corrected chi connectivity index (χ1v) is 11.3. The third-order valence-corrected chi connectivity index (χ3v) is 6.62. The van der Waals surface area contributed by atoms with E-state index < -0.39 is 0 Å². The van der Waals surface area contributed by atoms with Crippen LogP contribution in [0.15, 0.2) is 24.6 Å². The third-order valence-electron chi connectivity index (χ3n) is 5.43. The first kappa shape index (κ1) is 20.7. The van der Waals surface area contributed by atoms with Gasteiger partial charge in [-0.15, -0.1) is 0 Å². The van der Waals surface area contributed by atoms with E-state index in [0.717, 1.165) is 17.4 Å².